The highest BCUT2D eigenvalue weighted by Gasteiger charge is 2.16. The second-order valence-electron chi connectivity index (χ2n) is 7.29. The molecule has 0 fully saturated rings. The number of nitrogens with zero attached hydrogens (tertiary/aromatic N) is 1. The van der Waals surface area contributed by atoms with Crippen molar-refractivity contribution in [1.82, 2.24) is 5.32 Å². The van der Waals surface area contributed by atoms with Gasteiger partial charge < -0.3 is 10.6 Å². The molecule has 0 aliphatic carbocycles. The highest BCUT2D eigenvalue weighted by Crippen LogP contribution is 2.17. The molecule has 6 heteroatoms. The minimum atomic E-state index is -0.256. The second kappa shape index (κ2) is 13.6. The Balaban J connectivity index is 1.83. The lowest BCUT2D eigenvalue weighted by molar-refractivity contribution is -0.121. The zero-order valence-electron chi connectivity index (χ0n) is 17.7. The van der Waals surface area contributed by atoms with E-state index in [1.165, 1.54) is 25.7 Å². The first-order chi connectivity index (χ1) is 14.6. The Morgan fingerprint density at radius 3 is 2.27 bits per heavy atom. The van der Waals surface area contributed by atoms with Gasteiger partial charge in [-0.2, -0.15) is 0 Å². The van der Waals surface area contributed by atoms with Gasteiger partial charge in [-0.15, -0.1) is 0 Å². The molecule has 0 bridgehead atoms. The average molecular weight is 430 g/mol. The Morgan fingerprint density at radius 1 is 0.900 bits per heavy atom. The highest BCUT2D eigenvalue weighted by molar-refractivity contribution is 6.30. The van der Waals surface area contributed by atoms with Crippen LogP contribution < -0.4 is 15.5 Å². The van der Waals surface area contributed by atoms with Gasteiger partial charge >= 0.3 is 6.03 Å². The molecule has 0 atom stereocenters. The van der Waals surface area contributed by atoms with Gasteiger partial charge in [0.15, 0.2) is 0 Å². The van der Waals surface area contributed by atoms with Crippen LogP contribution >= 0.6 is 11.6 Å². The molecular weight excluding hydrogens is 398 g/mol. The number of urea groups is 1. The van der Waals surface area contributed by atoms with Crippen LogP contribution in [0.1, 0.15) is 51.9 Å². The van der Waals surface area contributed by atoms with E-state index >= 15 is 0 Å². The first-order valence-electron chi connectivity index (χ1n) is 10.8. The summed E-state index contributed by atoms with van der Waals surface area (Å²) in [6, 6.07) is 16.1. The summed E-state index contributed by atoms with van der Waals surface area (Å²) in [4.78, 5) is 26.6. The third-order valence-electron chi connectivity index (χ3n) is 4.82. The van der Waals surface area contributed by atoms with Crippen molar-refractivity contribution in [2.45, 2.75) is 51.9 Å². The Bertz CT molecular complexity index is 766. The third kappa shape index (κ3) is 8.87. The molecule has 2 rings (SSSR count). The van der Waals surface area contributed by atoms with Crippen LogP contribution in [-0.4, -0.2) is 25.0 Å². The van der Waals surface area contributed by atoms with Crippen LogP contribution in [0.2, 0.25) is 5.02 Å². The number of benzene rings is 2. The molecule has 2 aromatic rings. The smallest absolute Gasteiger partial charge is 0.326 e. The fourth-order valence-corrected chi connectivity index (χ4v) is 3.27. The van der Waals surface area contributed by atoms with E-state index in [9.17, 15) is 9.59 Å². The van der Waals surface area contributed by atoms with Crippen molar-refractivity contribution in [2.75, 3.05) is 23.3 Å². The van der Waals surface area contributed by atoms with Crippen LogP contribution in [0.5, 0.6) is 0 Å². The summed E-state index contributed by atoms with van der Waals surface area (Å²) in [7, 11) is 0. The third-order valence-corrected chi connectivity index (χ3v) is 5.08. The molecule has 2 N–H and O–H groups in total. The fourth-order valence-electron chi connectivity index (χ4n) is 3.14. The summed E-state index contributed by atoms with van der Waals surface area (Å²) in [6.07, 6.45) is 7.46. The van der Waals surface area contributed by atoms with Crippen molar-refractivity contribution in [1.29, 1.82) is 0 Å². The lowest BCUT2D eigenvalue weighted by Gasteiger charge is -2.23. The van der Waals surface area contributed by atoms with Crippen LogP contribution in [0.25, 0.3) is 0 Å². The fraction of sp³-hybridized carbons (Fsp3) is 0.417. The van der Waals surface area contributed by atoms with Gasteiger partial charge in [0.1, 0.15) is 0 Å². The quantitative estimate of drug-likeness (QED) is 0.392. The van der Waals surface area contributed by atoms with Crippen molar-refractivity contribution in [2.24, 2.45) is 0 Å². The molecule has 0 saturated heterocycles. The average Bonchev–Trinajstić information content (AvgIpc) is 2.76. The minimum absolute atomic E-state index is 0.0385. The Hall–Kier alpha value is -2.53. The summed E-state index contributed by atoms with van der Waals surface area (Å²) >= 11 is 5.91. The maximum absolute atomic E-state index is 12.8. The van der Waals surface area contributed by atoms with Crippen molar-refractivity contribution in [3.63, 3.8) is 0 Å². The first-order valence-corrected chi connectivity index (χ1v) is 11.1. The maximum Gasteiger partial charge on any atom is 0.326 e. The standard InChI is InChI=1S/C24H32ClN3O2/c1-2-3-4-5-6-10-13-23(29)26-18-19-28(22-11-8-7-9-12-22)24(30)27-21-16-14-20(25)15-17-21/h7-9,11-12,14-17H,2-6,10,13,18-19H2,1H3,(H,26,29)(H,27,30). The number of unbranched alkanes of at least 4 members (excludes halogenated alkanes) is 5. The van der Waals surface area contributed by atoms with E-state index in [0.717, 1.165) is 18.5 Å². The zero-order chi connectivity index (χ0) is 21.6. The van der Waals surface area contributed by atoms with Gasteiger partial charge in [-0.25, -0.2) is 4.79 Å². The van der Waals surface area contributed by atoms with E-state index in [1.54, 1.807) is 29.2 Å². The predicted molar refractivity (Wildman–Crippen MR) is 125 cm³/mol. The molecule has 0 unspecified atom stereocenters. The summed E-state index contributed by atoms with van der Waals surface area (Å²) < 4.78 is 0. The molecule has 3 amide bonds. The number of hydrogen-bond acceptors (Lipinski definition) is 2. The number of carbonyl (C=O) groups is 2. The van der Waals surface area contributed by atoms with Gasteiger partial charge in [0, 0.05) is 35.9 Å². The van der Waals surface area contributed by atoms with Crippen molar-refractivity contribution < 1.29 is 9.59 Å². The lowest BCUT2D eigenvalue weighted by Crippen LogP contribution is -2.41. The zero-order valence-corrected chi connectivity index (χ0v) is 18.5. The molecule has 0 aliphatic rings. The molecular formula is C24H32ClN3O2. The van der Waals surface area contributed by atoms with Gasteiger partial charge in [-0.3, -0.25) is 9.69 Å². The molecule has 2 aromatic carbocycles. The van der Waals surface area contributed by atoms with Crippen LogP contribution in [0.3, 0.4) is 0 Å². The van der Waals surface area contributed by atoms with E-state index < -0.39 is 0 Å². The Morgan fingerprint density at radius 2 is 1.57 bits per heavy atom. The van der Waals surface area contributed by atoms with Gasteiger partial charge in [0.2, 0.25) is 5.91 Å². The lowest BCUT2D eigenvalue weighted by atomic mass is 10.1. The summed E-state index contributed by atoms with van der Waals surface area (Å²) in [5.41, 5.74) is 1.44. The van der Waals surface area contributed by atoms with Crippen LogP contribution in [-0.2, 0) is 4.79 Å². The number of halogens is 1. The van der Waals surface area contributed by atoms with E-state index in [1.807, 2.05) is 30.3 Å². The molecule has 162 valence electrons. The van der Waals surface area contributed by atoms with Gasteiger partial charge in [0.25, 0.3) is 0 Å². The largest absolute Gasteiger partial charge is 0.354 e. The number of carbonyl (C=O) groups excluding carboxylic acids is 2. The van der Waals surface area contributed by atoms with Gasteiger partial charge in [-0.1, -0.05) is 68.8 Å². The molecule has 0 spiro atoms. The molecule has 0 heterocycles. The van der Waals surface area contributed by atoms with E-state index in [-0.39, 0.29) is 11.9 Å². The summed E-state index contributed by atoms with van der Waals surface area (Å²) in [5.74, 6) is 0.0385. The number of para-hydroxylation sites is 1. The van der Waals surface area contributed by atoms with E-state index in [0.29, 0.717) is 30.2 Å². The van der Waals surface area contributed by atoms with Gasteiger partial charge in [-0.05, 0) is 42.8 Å². The van der Waals surface area contributed by atoms with Crippen molar-refractivity contribution >= 4 is 34.9 Å². The number of nitrogens with one attached hydrogen (secondary N) is 2. The van der Waals surface area contributed by atoms with Gasteiger partial charge in [0.05, 0.1) is 0 Å². The minimum Gasteiger partial charge on any atom is -0.354 e. The number of amides is 3. The van der Waals surface area contributed by atoms with Crippen LogP contribution in [0, 0.1) is 0 Å². The summed E-state index contributed by atoms with van der Waals surface area (Å²) in [5, 5.41) is 6.43. The second-order valence-corrected chi connectivity index (χ2v) is 7.73. The monoisotopic (exact) mass is 429 g/mol. The molecule has 0 aliphatic heterocycles. The Kier molecular flexibility index (Phi) is 10.8. The van der Waals surface area contributed by atoms with Crippen LogP contribution in [0.4, 0.5) is 16.2 Å². The number of anilines is 2. The molecule has 0 saturated carbocycles. The van der Waals surface area contributed by atoms with E-state index in [4.69, 9.17) is 11.6 Å². The van der Waals surface area contributed by atoms with E-state index in [2.05, 4.69) is 17.6 Å². The number of hydrogen-bond donors (Lipinski definition) is 2. The first kappa shape index (κ1) is 23.7. The Labute approximate surface area is 184 Å². The molecule has 0 radical (unpaired) electrons. The molecule has 0 aromatic heterocycles. The van der Waals surface area contributed by atoms with Crippen LogP contribution in [0.15, 0.2) is 54.6 Å². The van der Waals surface area contributed by atoms with Crippen molar-refractivity contribution in [3.8, 4) is 0 Å². The normalized spacial score (nSPS) is 10.5. The topological polar surface area (TPSA) is 61.4 Å². The van der Waals surface area contributed by atoms with Crippen molar-refractivity contribution in [3.05, 3.63) is 59.6 Å². The predicted octanol–water partition coefficient (Wildman–Crippen LogP) is 6.25. The molecule has 30 heavy (non-hydrogen) atoms. The summed E-state index contributed by atoms with van der Waals surface area (Å²) in [6.45, 7) is 2.98. The number of rotatable bonds is 12. The SMILES string of the molecule is CCCCCCCCC(=O)NCCN(C(=O)Nc1ccc(Cl)cc1)c1ccccc1. The highest BCUT2D eigenvalue weighted by atomic mass is 35.5. The molecule has 5 nitrogen and oxygen atoms in total. The maximum atomic E-state index is 12.8.